The van der Waals surface area contributed by atoms with Gasteiger partial charge in [0, 0.05) is 51.5 Å². The number of carbonyl (C=O) groups is 1. The zero-order valence-electron chi connectivity index (χ0n) is 14.9. The first kappa shape index (κ1) is 18.3. The molecule has 2 aliphatic rings. The SMILES string of the molecule is CN(Cc1nccn1C)C(=O)C1CCC(NS(=O)(=O)N2CCCC2)C1. The Bertz CT molecular complexity index is 711. The van der Waals surface area contributed by atoms with Gasteiger partial charge < -0.3 is 9.47 Å². The fourth-order valence-corrected chi connectivity index (χ4v) is 5.20. The van der Waals surface area contributed by atoms with Crippen molar-refractivity contribution in [1.82, 2.24) is 23.5 Å². The van der Waals surface area contributed by atoms with E-state index < -0.39 is 10.2 Å². The first-order valence-corrected chi connectivity index (χ1v) is 10.3. The summed E-state index contributed by atoms with van der Waals surface area (Å²) in [4.78, 5) is 18.6. The second-order valence-electron chi connectivity index (χ2n) is 7.08. The highest BCUT2D eigenvalue weighted by Crippen LogP contribution is 2.28. The second-order valence-corrected chi connectivity index (χ2v) is 8.79. The smallest absolute Gasteiger partial charge is 0.279 e. The van der Waals surface area contributed by atoms with Crippen molar-refractivity contribution in [3.05, 3.63) is 18.2 Å². The molecule has 2 atom stereocenters. The molecule has 25 heavy (non-hydrogen) atoms. The van der Waals surface area contributed by atoms with Crippen LogP contribution >= 0.6 is 0 Å². The molecule has 0 radical (unpaired) electrons. The molecule has 9 heteroatoms. The Morgan fingerprint density at radius 2 is 2.08 bits per heavy atom. The summed E-state index contributed by atoms with van der Waals surface area (Å²) in [5.41, 5.74) is 0. The molecule has 1 aromatic heterocycles. The number of aromatic nitrogens is 2. The number of amides is 1. The summed E-state index contributed by atoms with van der Waals surface area (Å²) in [7, 11) is 0.264. The minimum Gasteiger partial charge on any atom is -0.338 e. The fraction of sp³-hybridized carbons (Fsp3) is 0.750. The number of aryl methyl sites for hydroxylation is 1. The van der Waals surface area contributed by atoms with Crippen LogP contribution in [0.15, 0.2) is 12.4 Å². The third kappa shape index (κ3) is 4.21. The quantitative estimate of drug-likeness (QED) is 0.790. The van der Waals surface area contributed by atoms with E-state index in [1.165, 1.54) is 4.31 Å². The Hall–Kier alpha value is -1.45. The van der Waals surface area contributed by atoms with Gasteiger partial charge in [-0.1, -0.05) is 0 Å². The minimum atomic E-state index is -3.41. The molecule has 2 heterocycles. The molecule has 1 aliphatic carbocycles. The van der Waals surface area contributed by atoms with E-state index in [1.54, 1.807) is 18.1 Å². The maximum absolute atomic E-state index is 12.7. The molecular formula is C16H27N5O3S. The summed E-state index contributed by atoms with van der Waals surface area (Å²) in [5, 5.41) is 0. The lowest BCUT2D eigenvalue weighted by atomic mass is 10.1. The van der Waals surface area contributed by atoms with Gasteiger partial charge in [-0.2, -0.15) is 17.4 Å². The van der Waals surface area contributed by atoms with Gasteiger partial charge in [0.05, 0.1) is 6.54 Å². The maximum Gasteiger partial charge on any atom is 0.279 e. The summed E-state index contributed by atoms with van der Waals surface area (Å²) in [5.74, 6) is 0.766. The third-order valence-corrected chi connectivity index (χ3v) is 6.85. The van der Waals surface area contributed by atoms with E-state index in [2.05, 4.69) is 9.71 Å². The van der Waals surface area contributed by atoms with E-state index in [0.717, 1.165) is 25.1 Å². The molecule has 2 unspecified atom stereocenters. The highest BCUT2D eigenvalue weighted by molar-refractivity contribution is 7.87. The zero-order chi connectivity index (χ0) is 18.0. The van der Waals surface area contributed by atoms with Crippen LogP contribution in [0.25, 0.3) is 0 Å². The van der Waals surface area contributed by atoms with Gasteiger partial charge in [0.2, 0.25) is 5.91 Å². The average Bonchev–Trinajstić information content (AvgIpc) is 3.29. The minimum absolute atomic E-state index is 0.0610. The Morgan fingerprint density at radius 3 is 2.72 bits per heavy atom. The fourth-order valence-electron chi connectivity index (χ4n) is 3.68. The van der Waals surface area contributed by atoms with E-state index >= 15 is 0 Å². The molecule has 1 aliphatic heterocycles. The zero-order valence-corrected chi connectivity index (χ0v) is 15.7. The van der Waals surface area contributed by atoms with Crippen molar-refractivity contribution in [2.45, 2.75) is 44.7 Å². The largest absolute Gasteiger partial charge is 0.338 e. The lowest BCUT2D eigenvalue weighted by molar-refractivity contribution is -0.134. The Kier molecular flexibility index (Phi) is 5.45. The van der Waals surface area contributed by atoms with E-state index in [4.69, 9.17) is 0 Å². The van der Waals surface area contributed by atoms with Crippen LogP contribution in [0.4, 0.5) is 0 Å². The van der Waals surface area contributed by atoms with Crippen LogP contribution in [0, 0.1) is 5.92 Å². The molecule has 8 nitrogen and oxygen atoms in total. The maximum atomic E-state index is 12.7. The lowest BCUT2D eigenvalue weighted by Gasteiger charge is -2.22. The van der Waals surface area contributed by atoms with Gasteiger partial charge in [-0.3, -0.25) is 4.79 Å². The van der Waals surface area contributed by atoms with E-state index in [0.29, 0.717) is 32.5 Å². The van der Waals surface area contributed by atoms with E-state index in [1.807, 2.05) is 17.8 Å². The molecule has 1 aromatic rings. The highest BCUT2D eigenvalue weighted by Gasteiger charge is 2.35. The summed E-state index contributed by atoms with van der Waals surface area (Å²) in [6, 6.07) is -0.152. The topological polar surface area (TPSA) is 87.5 Å². The van der Waals surface area contributed by atoms with E-state index in [-0.39, 0.29) is 17.9 Å². The lowest BCUT2D eigenvalue weighted by Crippen LogP contribution is -2.43. The number of imidazole rings is 1. The van der Waals surface area contributed by atoms with Gasteiger partial charge in [-0.25, -0.2) is 4.98 Å². The van der Waals surface area contributed by atoms with Gasteiger partial charge in [0.15, 0.2) is 0 Å². The number of carbonyl (C=O) groups excluding carboxylic acids is 1. The molecule has 1 amide bonds. The van der Waals surface area contributed by atoms with Crippen LogP contribution in [-0.2, 0) is 28.6 Å². The first-order valence-electron chi connectivity index (χ1n) is 8.85. The van der Waals surface area contributed by atoms with Crippen molar-refractivity contribution in [3.63, 3.8) is 0 Å². The van der Waals surface area contributed by atoms with Crippen molar-refractivity contribution in [3.8, 4) is 0 Å². The normalized spacial score (nSPS) is 24.7. The summed E-state index contributed by atoms with van der Waals surface area (Å²) >= 11 is 0. The number of nitrogens with one attached hydrogen (secondary N) is 1. The van der Waals surface area contributed by atoms with Gasteiger partial charge in [-0.15, -0.1) is 0 Å². The first-order chi connectivity index (χ1) is 11.9. The molecule has 1 saturated heterocycles. The standard InChI is InChI=1S/C16H27N5O3S/c1-19-10-7-17-15(19)12-20(2)16(22)13-5-6-14(11-13)18-25(23,24)21-8-3-4-9-21/h7,10,13-14,18H,3-6,8-9,11-12H2,1-2H3. The Balaban J connectivity index is 1.53. The van der Waals surface area contributed by atoms with Crippen molar-refractivity contribution < 1.29 is 13.2 Å². The van der Waals surface area contributed by atoms with Crippen molar-refractivity contribution >= 4 is 16.1 Å². The van der Waals surface area contributed by atoms with Crippen LogP contribution in [0.3, 0.4) is 0 Å². The molecular weight excluding hydrogens is 342 g/mol. The van der Waals surface area contributed by atoms with Gasteiger partial charge >= 0.3 is 0 Å². The van der Waals surface area contributed by atoms with Gasteiger partial charge in [0.1, 0.15) is 5.82 Å². The summed E-state index contributed by atoms with van der Waals surface area (Å²) in [6.45, 7) is 1.65. The van der Waals surface area contributed by atoms with Gasteiger partial charge in [-0.05, 0) is 32.1 Å². The monoisotopic (exact) mass is 369 g/mol. The number of hydrogen-bond donors (Lipinski definition) is 1. The molecule has 0 spiro atoms. The molecule has 1 N–H and O–H groups in total. The molecule has 2 fully saturated rings. The summed E-state index contributed by atoms with van der Waals surface area (Å²) < 4.78 is 30.9. The predicted molar refractivity (Wildman–Crippen MR) is 93.7 cm³/mol. The van der Waals surface area contributed by atoms with Crippen molar-refractivity contribution in [2.75, 3.05) is 20.1 Å². The van der Waals surface area contributed by atoms with E-state index in [9.17, 15) is 13.2 Å². The molecule has 140 valence electrons. The Labute approximate surface area is 149 Å². The molecule has 1 saturated carbocycles. The number of nitrogens with zero attached hydrogens (tertiary/aromatic N) is 4. The Morgan fingerprint density at radius 1 is 1.36 bits per heavy atom. The molecule has 3 rings (SSSR count). The third-order valence-electron chi connectivity index (χ3n) is 5.18. The van der Waals surface area contributed by atoms with Crippen LogP contribution in [-0.4, -0.2) is 59.3 Å². The molecule has 0 aromatic carbocycles. The second kappa shape index (κ2) is 7.43. The van der Waals surface area contributed by atoms with Crippen LogP contribution in [0.2, 0.25) is 0 Å². The predicted octanol–water partition coefficient (Wildman–Crippen LogP) is 0.477. The van der Waals surface area contributed by atoms with Crippen molar-refractivity contribution in [1.29, 1.82) is 0 Å². The van der Waals surface area contributed by atoms with Gasteiger partial charge in [0.25, 0.3) is 10.2 Å². The van der Waals surface area contributed by atoms with Crippen LogP contribution in [0.1, 0.15) is 37.9 Å². The highest BCUT2D eigenvalue weighted by atomic mass is 32.2. The van der Waals surface area contributed by atoms with Crippen LogP contribution < -0.4 is 4.72 Å². The summed E-state index contributed by atoms with van der Waals surface area (Å²) in [6.07, 6.45) is 7.40. The van der Waals surface area contributed by atoms with Crippen molar-refractivity contribution in [2.24, 2.45) is 13.0 Å². The van der Waals surface area contributed by atoms with Crippen LogP contribution in [0.5, 0.6) is 0 Å². The average molecular weight is 369 g/mol. The number of hydrogen-bond acceptors (Lipinski definition) is 4. The number of rotatable bonds is 6. The molecule has 0 bridgehead atoms.